The molecular weight excluding hydrogens is 304 g/mol. The van der Waals surface area contributed by atoms with Gasteiger partial charge in [0.15, 0.2) is 0 Å². The molecule has 0 aliphatic carbocycles. The third-order valence-corrected chi connectivity index (χ3v) is 4.43. The van der Waals surface area contributed by atoms with Crippen molar-refractivity contribution in [2.75, 3.05) is 12.3 Å². The number of aromatic nitrogens is 1. The van der Waals surface area contributed by atoms with Gasteiger partial charge in [-0.3, -0.25) is 4.79 Å². The highest BCUT2D eigenvalue weighted by Crippen LogP contribution is 2.32. The molecule has 3 rings (SSSR count). The Hall–Kier alpha value is -2.56. The Bertz CT molecular complexity index is 763. The number of nitrogen functional groups attached to an aromatic ring is 1. The third-order valence-electron chi connectivity index (χ3n) is 4.43. The van der Waals surface area contributed by atoms with Gasteiger partial charge in [0.05, 0.1) is 12.3 Å². The highest BCUT2D eigenvalue weighted by atomic mass is 16.5. The van der Waals surface area contributed by atoms with Gasteiger partial charge < -0.3 is 15.0 Å². The number of ketones is 1. The second-order valence-electron chi connectivity index (χ2n) is 5.96. The van der Waals surface area contributed by atoms with E-state index in [0.29, 0.717) is 23.4 Å². The third kappa shape index (κ3) is 2.82. The molecule has 5 nitrogen and oxygen atoms in total. The Labute approximate surface area is 141 Å². The van der Waals surface area contributed by atoms with Gasteiger partial charge in [-0.1, -0.05) is 36.8 Å². The van der Waals surface area contributed by atoms with E-state index in [9.17, 15) is 9.59 Å². The molecule has 1 aromatic carbocycles. The Balaban J connectivity index is 2.15. The monoisotopic (exact) mass is 326 g/mol. The first-order chi connectivity index (χ1) is 11.6. The summed E-state index contributed by atoms with van der Waals surface area (Å²) in [5, 5.41) is 0. The van der Waals surface area contributed by atoms with E-state index < -0.39 is 5.97 Å². The number of benzene rings is 1. The maximum atomic E-state index is 13.0. The molecule has 0 atom stereocenters. The van der Waals surface area contributed by atoms with E-state index in [2.05, 4.69) is 0 Å². The highest BCUT2D eigenvalue weighted by molar-refractivity contribution is 6.14. The Morgan fingerprint density at radius 1 is 1.17 bits per heavy atom. The number of anilines is 1. The molecule has 0 unspecified atom stereocenters. The van der Waals surface area contributed by atoms with Crippen LogP contribution in [0.15, 0.2) is 30.3 Å². The Morgan fingerprint density at radius 2 is 1.92 bits per heavy atom. The molecule has 1 aromatic heterocycles. The van der Waals surface area contributed by atoms with Gasteiger partial charge in [0, 0.05) is 17.8 Å². The van der Waals surface area contributed by atoms with Crippen LogP contribution in [0.25, 0.3) is 0 Å². The molecule has 24 heavy (non-hydrogen) atoms. The number of rotatable bonds is 4. The van der Waals surface area contributed by atoms with Crippen LogP contribution in [0.4, 0.5) is 5.69 Å². The maximum Gasteiger partial charge on any atom is 0.342 e. The summed E-state index contributed by atoms with van der Waals surface area (Å²) in [5.74, 6) is -0.584. The van der Waals surface area contributed by atoms with Crippen molar-refractivity contribution in [2.24, 2.45) is 0 Å². The summed E-state index contributed by atoms with van der Waals surface area (Å²) >= 11 is 0. The van der Waals surface area contributed by atoms with E-state index in [1.807, 2.05) is 22.8 Å². The van der Waals surface area contributed by atoms with Crippen LogP contribution in [0.2, 0.25) is 0 Å². The highest BCUT2D eigenvalue weighted by Gasteiger charge is 2.30. The molecule has 1 aliphatic heterocycles. The van der Waals surface area contributed by atoms with Gasteiger partial charge in [-0.15, -0.1) is 0 Å². The smallest absolute Gasteiger partial charge is 0.342 e. The van der Waals surface area contributed by atoms with Gasteiger partial charge in [0.2, 0.25) is 5.78 Å². The molecule has 2 N–H and O–H groups in total. The molecule has 0 fully saturated rings. The number of carbonyl (C=O) groups excluding carboxylic acids is 2. The summed E-state index contributed by atoms with van der Waals surface area (Å²) in [7, 11) is 0. The zero-order chi connectivity index (χ0) is 17.1. The number of fused-ring (bicyclic) bond motifs is 1. The van der Waals surface area contributed by atoms with E-state index in [0.717, 1.165) is 31.4 Å². The SMILES string of the molecule is CCOC(=O)c1c(N)c(C(=O)c2ccccc2)n2c1CCCCC2. The molecule has 0 amide bonds. The summed E-state index contributed by atoms with van der Waals surface area (Å²) in [6.07, 6.45) is 3.76. The summed E-state index contributed by atoms with van der Waals surface area (Å²) in [5.41, 5.74) is 8.71. The van der Waals surface area contributed by atoms with Crippen molar-refractivity contribution in [2.45, 2.75) is 39.2 Å². The summed E-state index contributed by atoms with van der Waals surface area (Å²) in [6.45, 7) is 2.75. The van der Waals surface area contributed by atoms with E-state index in [-0.39, 0.29) is 18.1 Å². The minimum Gasteiger partial charge on any atom is -0.462 e. The number of ether oxygens (including phenoxy) is 1. The first-order valence-electron chi connectivity index (χ1n) is 8.42. The molecule has 5 heteroatoms. The first-order valence-corrected chi connectivity index (χ1v) is 8.42. The number of hydrogen-bond acceptors (Lipinski definition) is 4. The fourth-order valence-electron chi connectivity index (χ4n) is 3.34. The lowest BCUT2D eigenvalue weighted by molar-refractivity contribution is 0.0526. The van der Waals surface area contributed by atoms with Crippen LogP contribution in [0.5, 0.6) is 0 Å². The number of carbonyl (C=O) groups is 2. The molecule has 0 saturated carbocycles. The number of nitrogens with zero attached hydrogens (tertiary/aromatic N) is 1. The molecule has 2 heterocycles. The molecule has 0 spiro atoms. The predicted octanol–water partition coefficient (Wildman–Crippen LogP) is 3.20. The van der Waals surface area contributed by atoms with Gasteiger partial charge in [0.25, 0.3) is 0 Å². The standard InChI is InChI=1S/C19H22N2O3/c1-2-24-19(23)15-14-11-7-4-8-12-21(14)17(16(15)20)18(22)13-9-5-3-6-10-13/h3,5-6,9-10H,2,4,7-8,11-12,20H2,1H3. The van der Waals surface area contributed by atoms with Gasteiger partial charge in [0.1, 0.15) is 11.3 Å². The van der Waals surface area contributed by atoms with Crippen molar-refractivity contribution >= 4 is 17.4 Å². The molecule has 0 saturated heterocycles. The van der Waals surface area contributed by atoms with Gasteiger partial charge in [-0.25, -0.2) is 4.79 Å². The Kier molecular flexibility index (Phi) is 4.69. The van der Waals surface area contributed by atoms with E-state index in [4.69, 9.17) is 10.5 Å². The number of nitrogens with two attached hydrogens (primary N) is 1. The topological polar surface area (TPSA) is 74.3 Å². The average molecular weight is 326 g/mol. The number of hydrogen-bond donors (Lipinski definition) is 1. The van der Waals surface area contributed by atoms with Crippen LogP contribution in [-0.4, -0.2) is 22.9 Å². The minimum atomic E-state index is -0.437. The first kappa shape index (κ1) is 16.3. The maximum absolute atomic E-state index is 13.0. The molecular formula is C19H22N2O3. The normalized spacial score (nSPS) is 13.9. The van der Waals surface area contributed by atoms with Crippen molar-refractivity contribution in [1.82, 2.24) is 4.57 Å². The van der Waals surface area contributed by atoms with Gasteiger partial charge >= 0.3 is 5.97 Å². The lowest BCUT2D eigenvalue weighted by Gasteiger charge is -2.10. The van der Waals surface area contributed by atoms with E-state index >= 15 is 0 Å². The summed E-state index contributed by atoms with van der Waals surface area (Å²) in [4.78, 5) is 25.4. The van der Waals surface area contributed by atoms with Crippen LogP contribution in [0, 0.1) is 0 Å². The van der Waals surface area contributed by atoms with Crippen molar-refractivity contribution in [3.63, 3.8) is 0 Å². The molecule has 1 aliphatic rings. The molecule has 126 valence electrons. The lowest BCUT2D eigenvalue weighted by Crippen LogP contribution is -2.13. The minimum absolute atomic E-state index is 0.146. The second kappa shape index (κ2) is 6.91. The average Bonchev–Trinajstić information content (AvgIpc) is 2.73. The fraction of sp³-hybridized carbons (Fsp3) is 0.368. The van der Waals surface area contributed by atoms with Gasteiger partial charge in [-0.05, 0) is 26.2 Å². The quantitative estimate of drug-likeness (QED) is 0.691. The molecule has 0 radical (unpaired) electrons. The zero-order valence-corrected chi connectivity index (χ0v) is 13.9. The van der Waals surface area contributed by atoms with Crippen LogP contribution < -0.4 is 5.73 Å². The van der Waals surface area contributed by atoms with E-state index in [1.165, 1.54) is 0 Å². The fourth-order valence-corrected chi connectivity index (χ4v) is 3.34. The zero-order valence-electron chi connectivity index (χ0n) is 13.9. The van der Waals surface area contributed by atoms with Crippen LogP contribution >= 0.6 is 0 Å². The van der Waals surface area contributed by atoms with E-state index in [1.54, 1.807) is 19.1 Å². The van der Waals surface area contributed by atoms with Gasteiger partial charge in [-0.2, -0.15) is 0 Å². The summed E-state index contributed by atoms with van der Waals surface area (Å²) in [6, 6.07) is 9.04. The van der Waals surface area contributed by atoms with Crippen molar-refractivity contribution in [3.8, 4) is 0 Å². The number of esters is 1. The van der Waals surface area contributed by atoms with Crippen molar-refractivity contribution < 1.29 is 14.3 Å². The molecule has 2 aromatic rings. The second-order valence-corrected chi connectivity index (χ2v) is 5.96. The van der Waals surface area contributed by atoms with Crippen molar-refractivity contribution in [3.05, 3.63) is 52.8 Å². The predicted molar refractivity (Wildman–Crippen MR) is 92.2 cm³/mol. The lowest BCUT2D eigenvalue weighted by atomic mass is 10.1. The molecule has 0 bridgehead atoms. The van der Waals surface area contributed by atoms with Crippen LogP contribution in [0.1, 0.15) is 58.3 Å². The van der Waals surface area contributed by atoms with Crippen LogP contribution in [0.3, 0.4) is 0 Å². The Morgan fingerprint density at radius 3 is 2.62 bits per heavy atom. The summed E-state index contributed by atoms with van der Waals surface area (Å²) < 4.78 is 7.11. The van der Waals surface area contributed by atoms with Crippen LogP contribution in [-0.2, 0) is 17.7 Å². The largest absolute Gasteiger partial charge is 0.462 e. The van der Waals surface area contributed by atoms with Crippen molar-refractivity contribution in [1.29, 1.82) is 0 Å².